The Bertz CT molecular complexity index is 918. The maximum Gasteiger partial charge on any atom is 0.237 e. The van der Waals surface area contributed by atoms with Gasteiger partial charge in [-0.15, -0.1) is 21.5 Å². The molecule has 0 saturated heterocycles. The Morgan fingerprint density at radius 2 is 2.07 bits per heavy atom. The number of carbonyl (C=O) groups excluding carboxylic acids is 1. The minimum absolute atomic E-state index is 0.0619. The fraction of sp³-hybridized carbons (Fsp3) is 0.316. The highest BCUT2D eigenvalue weighted by Gasteiger charge is 2.31. The maximum atomic E-state index is 12.6. The van der Waals surface area contributed by atoms with Gasteiger partial charge in [0.15, 0.2) is 11.0 Å². The van der Waals surface area contributed by atoms with E-state index in [0.29, 0.717) is 6.04 Å². The van der Waals surface area contributed by atoms with Crippen LogP contribution in [-0.2, 0) is 4.79 Å². The predicted molar refractivity (Wildman–Crippen MR) is 109 cm³/mol. The molecule has 0 radical (unpaired) electrons. The number of carbonyl (C=O) groups is 1. The zero-order valence-electron chi connectivity index (χ0n) is 15.1. The van der Waals surface area contributed by atoms with Crippen LogP contribution in [0.3, 0.4) is 0 Å². The van der Waals surface area contributed by atoms with E-state index in [9.17, 15) is 4.79 Å². The van der Waals surface area contributed by atoms with E-state index < -0.39 is 0 Å². The fourth-order valence-corrected chi connectivity index (χ4v) is 4.35. The number of hydrogen-bond acceptors (Lipinski definition) is 6. The summed E-state index contributed by atoms with van der Waals surface area (Å²) >= 11 is 3.11. The normalized spacial score (nSPS) is 14.7. The third-order valence-corrected chi connectivity index (χ3v) is 6.25. The molecule has 0 aliphatic heterocycles. The second kappa shape index (κ2) is 7.74. The predicted octanol–water partition coefficient (Wildman–Crippen LogP) is 4.47. The molecule has 140 valence electrons. The van der Waals surface area contributed by atoms with E-state index in [1.165, 1.54) is 11.8 Å². The minimum atomic E-state index is -0.287. The molecule has 1 aliphatic carbocycles. The Morgan fingerprint density at radius 3 is 2.70 bits per heavy atom. The first-order chi connectivity index (χ1) is 13.2. The number of thiophene rings is 1. The molecule has 2 heterocycles. The molecular weight excluding hydrogens is 380 g/mol. The SMILES string of the molecule is COc1ccc(NC(=O)[C@@H](C)Sc2nnc(-c3cccs3)n2C2CC2)cc1. The number of benzene rings is 1. The Morgan fingerprint density at radius 1 is 1.30 bits per heavy atom. The Kier molecular flexibility index (Phi) is 5.18. The largest absolute Gasteiger partial charge is 0.497 e. The summed E-state index contributed by atoms with van der Waals surface area (Å²) in [5.41, 5.74) is 0.746. The van der Waals surface area contributed by atoms with Gasteiger partial charge in [0.2, 0.25) is 5.91 Å². The second-order valence-electron chi connectivity index (χ2n) is 6.36. The Hall–Kier alpha value is -2.32. The molecule has 8 heteroatoms. The Balaban J connectivity index is 1.47. The van der Waals surface area contributed by atoms with Gasteiger partial charge in [0, 0.05) is 11.7 Å². The molecule has 3 aromatic rings. The number of rotatable bonds is 7. The minimum Gasteiger partial charge on any atom is -0.497 e. The lowest BCUT2D eigenvalue weighted by Gasteiger charge is -2.13. The number of methoxy groups -OCH3 is 1. The molecule has 4 rings (SSSR count). The number of amides is 1. The molecule has 1 fully saturated rings. The van der Waals surface area contributed by atoms with E-state index in [1.807, 2.05) is 42.6 Å². The first kappa shape index (κ1) is 18.1. The Labute approximate surface area is 166 Å². The van der Waals surface area contributed by atoms with Gasteiger partial charge in [-0.3, -0.25) is 9.36 Å². The zero-order valence-corrected chi connectivity index (χ0v) is 16.7. The van der Waals surface area contributed by atoms with Crippen LogP contribution in [0.4, 0.5) is 5.69 Å². The van der Waals surface area contributed by atoms with Crippen molar-refractivity contribution in [2.45, 2.75) is 36.2 Å². The molecule has 1 aliphatic rings. The summed E-state index contributed by atoms with van der Waals surface area (Å²) in [5.74, 6) is 1.60. The lowest BCUT2D eigenvalue weighted by molar-refractivity contribution is -0.115. The van der Waals surface area contributed by atoms with Gasteiger partial charge < -0.3 is 10.1 Å². The van der Waals surface area contributed by atoms with Crippen molar-refractivity contribution in [1.82, 2.24) is 14.8 Å². The van der Waals surface area contributed by atoms with Crippen LogP contribution in [0.1, 0.15) is 25.8 Å². The quantitative estimate of drug-likeness (QED) is 0.593. The van der Waals surface area contributed by atoms with Crippen molar-refractivity contribution in [3.05, 3.63) is 41.8 Å². The van der Waals surface area contributed by atoms with Crippen molar-refractivity contribution in [3.63, 3.8) is 0 Å². The summed E-state index contributed by atoms with van der Waals surface area (Å²) < 4.78 is 7.33. The number of nitrogens with zero attached hydrogens (tertiary/aromatic N) is 3. The molecule has 27 heavy (non-hydrogen) atoms. The monoisotopic (exact) mass is 400 g/mol. The number of ether oxygens (including phenoxy) is 1. The smallest absolute Gasteiger partial charge is 0.237 e. The molecular formula is C19H20N4O2S2. The average molecular weight is 401 g/mol. The van der Waals surface area contributed by atoms with Crippen LogP contribution in [0.25, 0.3) is 10.7 Å². The van der Waals surface area contributed by atoms with Crippen LogP contribution in [-0.4, -0.2) is 33.0 Å². The van der Waals surface area contributed by atoms with E-state index in [-0.39, 0.29) is 11.2 Å². The third-order valence-electron chi connectivity index (χ3n) is 4.33. The van der Waals surface area contributed by atoms with Gasteiger partial charge in [0.25, 0.3) is 0 Å². The van der Waals surface area contributed by atoms with Gasteiger partial charge in [-0.25, -0.2) is 0 Å². The van der Waals surface area contributed by atoms with Crippen LogP contribution in [0.15, 0.2) is 46.9 Å². The van der Waals surface area contributed by atoms with Crippen molar-refractivity contribution >= 4 is 34.7 Å². The molecule has 6 nitrogen and oxygen atoms in total. The van der Waals surface area contributed by atoms with Crippen LogP contribution in [0, 0.1) is 0 Å². The molecule has 1 amide bonds. The van der Waals surface area contributed by atoms with Crippen molar-refractivity contribution < 1.29 is 9.53 Å². The summed E-state index contributed by atoms with van der Waals surface area (Å²) in [6, 6.07) is 11.8. The summed E-state index contributed by atoms with van der Waals surface area (Å²) in [6.07, 6.45) is 2.27. The fourth-order valence-electron chi connectivity index (χ4n) is 2.72. The summed E-state index contributed by atoms with van der Waals surface area (Å²) in [6.45, 7) is 1.89. The first-order valence-electron chi connectivity index (χ1n) is 8.76. The number of aromatic nitrogens is 3. The van der Waals surface area contributed by atoms with Crippen LogP contribution in [0.2, 0.25) is 0 Å². The maximum absolute atomic E-state index is 12.6. The zero-order chi connectivity index (χ0) is 18.8. The van der Waals surface area contributed by atoms with E-state index in [2.05, 4.69) is 26.1 Å². The summed E-state index contributed by atoms with van der Waals surface area (Å²) in [5, 5.41) is 14.3. The van der Waals surface area contributed by atoms with Crippen LogP contribution < -0.4 is 10.1 Å². The third kappa shape index (κ3) is 4.01. The lowest BCUT2D eigenvalue weighted by Crippen LogP contribution is -2.22. The molecule has 1 aromatic carbocycles. The van der Waals surface area contributed by atoms with Crippen molar-refractivity contribution in [2.24, 2.45) is 0 Å². The highest BCUT2D eigenvalue weighted by Crippen LogP contribution is 2.42. The topological polar surface area (TPSA) is 69.0 Å². The van der Waals surface area contributed by atoms with Crippen molar-refractivity contribution in [1.29, 1.82) is 0 Å². The van der Waals surface area contributed by atoms with Gasteiger partial charge in [0.05, 0.1) is 17.2 Å². The van der Waals surface area contributed by atoms with Gasteiger partial charge in [-0.1, -0.05) is 17.8 Å². The number of anilines is 1. The molecule has 1 atom stereocenters. The van der Waals surface area contributed by atoms with Crippen molar-refractivity contribution in [2.75, 3.05) is 12.4 Å². The molecule has 1 N–H and O–H groups in total. The van der Waals surface area contributed by atoms with Crippen LogP contribution in [0.5, 0.6) is 5.75 Å². The molecule has 2 aromatic heterocycles. The average Bonchev–Trinajstić information content (AvgIpc) is 3.20. The van der Waals surface area contributed by atoms with E-state index in [4.69, 9.17) is 4.74 Å². The molecule has 0 unspecified atom stereocenters. The number of hydrogen-bond donors (Lipinski definition) is 1. The van der Waals surface area contributed by atoms with E-state index >= 15 is 0 Å². The highest BCUT2D eigenvalue weighted by atomic mass is 32.2. The van der Waals surface area contributed by atoms with Gasteiger partial charge in [0.1, 0.15) is 5.75 Å². The van der Waals surface area contributed by atoms with Gasteiger partial charge in [-0.2, -0.15) is 0 Å². The van der Waals surface area contributed by atoms with Gasteiger partial charge in [-0.05, 0) is 55.5 Å². The van der Waals surface area contributed by atoms with Crippen molar-refractivity contribution in [3.8, 4) is 16.5 Å². The van der Waals surface area contributed by atoms with E-state index in [1.54, 1.807) is 18.4 Å². The standard InChI is InChI=1S/C19H20N4O2S2/c1-12(18(24)20-13-5-9-15(25-2)10-6-13)27-19-22-21-17(16-4-3-11-26-16)23(19)14-7-8-14/h3-6,9-12,14H,7-8H2,1-2H3,(H,20,24)/t12-/m1/s1. The first-order valence-corrected chi connectivity index (χ1v) is 10.5. The summed E-state index contributed by atoms with van der Waals surface area (Å²) in [7, 11) is 1.62. The molecule has 0 spiro atoms. The molecule has 1 saturated carbocycles. The summed E-state index contributed by atoms with van der Waals surface area (Å²) in [4.78, 5) is 13.7. The lowest BCUT2D eigenvalue weighted by atomic mass is 10.3. The number of thioether (sulfide) groups is 1. The highest BCUT2D eigenvalue weighted by molar-refractivity contribution is 8.00. The number of nitrogens with one attached hydrogen (secondary N) is 1. The van der Waals surface area contributed by atoms with E-state index in [0.717, 1.165) is 40.1 Å². The molecule has 0 bridgehead atoms. The second-order valence-corrected chi connectivity index (χ2v) is 8.62. The van der Waals surface area contributed by atoms with Crippen LogP contribution >= 0.6 is 23.1 Å². The van der Waals surface area contributed by atoms with Gasteiger partial charge >= 0.3 is 0 Å².